The number of H-pyrrole nitrogens is 2. The number of nitrogens with two attached hydrogens (primary N) is 3. The van der Waals surface area contributed by atoms with E-state index < -0.39 is 17.6 Å². The molecule has 5 aromatic rings. The first-order valence-electron chi connectivity index (χ1n) is 11.2. The van der Waals surface area contributed by atoms with Crippen molar-refractivity contribution in [1.29, 1.82) is 0 Å². The maximum absolute atomic E-state index is 15.8. The van der Waals surface area contributed by atoms with Crippen LogP contribution >= 0.6 is 11.6 Å². The quantitative estimate of drug-likeness (QED) is 0.224. The Morgan fingerprint density at radius 3 is 2.61 bits per heavy atom. The summed E-state index contributed by atoms with van der Waals surface area (Å²) in [7, 11) is 0. The Balaban J connectivity index is 1.67. The number of primary amides is 1. The summed E-state index contributed by atoms with van der Waals surface area (Å²) in [6, 6.07) is 18.1. The van der Waals surface area contributed by atoms with Gasteiger partial charge in [0.25, 0.3) is 5.91 Å². The normalized spacial score (nSPS) is 12.2. The lowest BCUT2D eigenvalue weighted by atomic mass is 9.86. The lowest BCUT2D eigenvalue weighted by molar-refractivity contribution is 0.0996. The standard InChI is InChI=1S/C26H23ClFN7O/c27-23-22(14-6-8-16-19(11-14)34-35-24(16)30)32-26(33-23)18(10-13-4-2-1-3-5-13)20-15(12-29)7-9-17(21(20)28)25(31)36/h1-9,11,18H,10,12,29H2,(H2,31,36)(H,32,33)(H3,30,34,35)/t18-/m0/s1. The molecule has 0 aliphatic rings. The van der Waals surface area contributed by atoms with Gasteiger partial charge >= 0.3 is 0 Å². The molecule has 5 rings (SSSR count). The van der Waals surface area contributed by atoms with Gasteiger partial charge in [0.2, 0.25) is 0 Å². The summed E-state index contributed by atoms with van der Waals surface area (Å²) in [6.45, 7) is 0.0653. The molecule has 0 aliphatic heterocycles. The van der Waals surface area contributed by atoms with Crippen molar-refractivity contribution in [3.05, 3.63) is 99.7 Å². The van der Waals surface area contributed by atoms with E-state index in [9.17, 15) is 4.79 Å². The third kappa shape index (κ3) is 4.19. The van der Waals surface area contributed by atoms with Gasteiger partial charge in [-0.05, 0) is 35.7 Å². The first-order valence-corrected chi connectivity index (χ1v) is 11.6. The molecule has 8 nitrogen and oxygen atoms in total. The molecule has 8 N–H and O–H groups in total. The number of imidazole rings is 1. The Kier molecular flexibility index (Phi) is 6.17. The van der Waals surface area contributed by atoms with Crippen molar-refractivity contribution in [2.75, 3.05) is 5.73 Å². The van der Waals surface area contributed by atoms with Crippen LogP contribution in [0.2, 0.25) is 5.15 Å². The highest BCUT2D eigenvalue weighted by atomic mass is 35.5. The van der Waals surface area contributed by atoms with E-state index in [1.165, 1.54) is 6.07 Å². The number of hydrogen-bond acceptors (Lipinski definition) is 5. The lowest BCUT2D eigenvalue weighted by Crippen LogP contribution is -2.19. The van der Waals surface area contributed by atoms with E-state index in [0.717, 1.165) is 22.0 Å². The molecule has 0 saturated heterocycles. The average molecular weight is 504 g/mol. The van der Waals surface area contributed by atoms with Gasteiger partial charge in [-0.3, -0.25) is 9.89 Å². The Morgan fingerprint density at radius 1 is 1.11 bits per heavy atom. The van der Waals surface area contributed by atoms with E-state index >= 15 is 4.39 Å². The predicted octanol–water partition coefficient (Wildman–Crippen LogP) is 4.26. The molecule has 10 heteroatoms. The molecule has 0 saturated carbocycles. The molecular formula is C26H23ClFN7O. The van der Waals surface area contributed by atoms with Crippen LogP contribution in [0.15, 0.2) is 60.7 Å². The minimum absolute atomic E-state index is 0.0653. The van der Waals surface area contributed by atoms with Crippen molar-refractivity contribution in [2.24, 2.45) is 11.5 Å². The number of halogens is 2. The van der Waals surface area contributed by atoms with E-state index in [1.54, 1.807) is 6.07 Å². The number of aromatic amines is 2. The van der Waals surface area contributed by atoms with E-state index in [1.807, 2.05) is 48.5 Å². The number of nitrogens with one attached hydrogen (secondary N) is 2. The molecule has 0 fully saturated rings. The summed E-state index contributed by atoms with van der Waals surface area (Å²) in [5.74, 6) is -1.37. The third-order valence-electron chi connectivity index (χ3n) is 6.26. The molecule has 2 heterocycles. The Hall–Kier alpha value is -4.21. The Bertz CT molecular complexity index is 1580. The van der Waals surface area contributed by atoms with Crippen molar-refractivity contribution in [3.8, 4) is 11.3 Å². The summed E-state index contributed by atoms with van der Waals surface area (Å²) >= 11 is 6.60. The van der Waals surface area contributed by atoms with Crippen molar-refractivity contribution in [3.63, 3.8) is 0 Å². The Labute approximate surface area is 210 Å². The second-order valence-corrected chi connectivity index (χ2v) is 8.84. The van der Waals surface area contributed by atoms with E-state index in [0.29, 0.717) is 29.3 Å². The zero-order valence-electron chi connectivity index (χ0n) is 19.1. The van der Waals surface area contributed by atoms with E-state index in [4.69, 9.17) is 33.8 Å². The van der Waals surface area contributed by atoms with Gasteiger partial charge in [-0.2, -0.15) is 5.10 Å². The molecule has 1 atom stereocenters. The number of hydrogen-bond donors (Lipinski definition) is 5. The van der Waals surface area contributed by atoms with Gasteiger partial charge in [-0.1, -0.05) is 54.1 Å². The maximum Gasteiger partial charge on any atom is 0.251 e. The molecule has 0 radical (unpaired) electrons. The second kappa shape index (κ2) is 9.44. The van der Waals surface area contributed by atoms with Crippen LogP contribution in [0.25, 0.3) is 22.2 Å². The number of carbonyl (C=O) groups is 1. The molecule has 3 aromatic carbocycles. The number of amides is 1. The van der Waals surface area contributed by atoms with Gasteiger partial charge in [0, 0.05) is 29.0 Å². The maximum atomic E-state index is 15.8. The fraction of sp³-hybridized carbons (Fsp3) is 0.115. The van der Waals surface area contributed by atoms with E-state index in [-0.39, 0.29) is 22.8 Å². The molecule has 0 aliphatic carbocycles. The number of nitrogen functional groups attached to an aromatic ring is 1. The van der Waals surface area contributed by atoms with Crippen LogP contribution in [0, 0.1) is 5.82 Å². The summed E-state index contributed by atoms with van der Waals surface area (Å²) < 4.78 is 15.8. The highest BCUT2D eigenvalue weighted by Gasteiger charge is 2.28. The molecule has 182 valence electrons. The van der Waals surface area contributed by atoms with Crippen LogP contribution in [0.5, 0.6) is 0 Å². The number of fused-ring (bicyclic) bond motifs is 1. The Morgan fingerprint density at radius 2 is 1.89 bits per heavy atom. The fourth-order valence-electron chi connectivity index (χ4n) is 4.48. The van der Waals surface area contributed by atoms with Gasteiger partial charge in [0.05, 0.1) is 11.1 Å². The third-order valence-corrected chi connectivity index (χ3v) is 6.53. The highest BCUT2D eigenvalue weighted by Crippen LogP contribution is 2.37. The van der Waals surface area contributed by atoms with Crippen LogP contribution < -0.4 is 17.2 Å². The van der Waals surface area contributed by atoms with Gasteiger partial charge in [0.1, 0.15) is 22.5 Å². The number of aromatic nitrogens is 4. The van der Waals surface area contributed by atoms with Gasteiger partial charge in [0.15, 0.2) is 5.82 Å². The van der Waals surface area contributed by atoms with Crippen LogP contribution in [-0.4, -0.2) is 26.1 Å². The first-order chi connectivity index (χ1) is 17.4. The zero-order valence-corrected chi connectivity index (χ0v) is 19.8. The second-order valence-electron chi connectivity index (χ2n) is 8.46. The topological polar surface area (TPSA) is 152 Å². The monoisotopic (exact) mass is 503 g/mol. The van der Waals surface area contributed by atoms with Gasteiger partial charge in [-0.15, -0.1) is 0 Å². The largest absolute Gasteiger partial charge is 0.382 e. The van der Waals surface area contributed by atoms with Crippen LogP contribution in [0.4, 0.5) is 10.2 Å². The summed E-state index contributed by atoms with van der Waals surface area (Å²) in [4.78, 5) is 19.8. The summed E-state index contributed by atoms with van der Waals surface area (Å²) in [5.41, 5.74) is 20.8. The number of nitrogens with zero attached hydrogens (tertiary/aromatic N) is 2. The lowest BCUT2D eigenvalue weighted by Gasteiger charge is -2.21. The summed E-state index contributed by atoms with van der Waals surface area (Å²) in [6.07, 6.45) is 0.381. The molecule has 0 unspecified atom stereocenters. The fourth-order valence-corrected chi connectivity index (χ4v) is 4.72. The van der Waals surface area contributed by atoms with Crippen LogP contribution in [0.3, 0.4) is 0 Å². The smallest absolute Gasteiger partial charge is 0.251 e. The minimum atomic E-state index is -0.860. The number of carbonyl (C=O) groups excluding carboxylic acids is 1. The van der Waals surface area contributed by atoms with Crippen molar-refractivity contribution in [1.82, 2.24) is 20.2 Å². The number of anilines is 1. The van der Waals surface area contributed by atoms with E-state index in [2.05, 4.69) is 15.2 Å². The van der Waals surface area contributed by atoms with Crippen LogP contribution in [-0.2, 0) is 13.0 Å². The van der Waals surface area contributed by atoms with Crippen LogP contribution in [0.1, 0.15) is 38.8 Å². The average Bonchev–Trinajstić information content (AvgIpc) is 3.45. The van der Waals surface area contributed by atoms with Gasteiger partial charge < -0.3 is 22.2 Å². The summed E-state index contributed by atoms with van der Waals surface area (Å²) in [5, 5.41) is 7.98. The molecule has 0 bridgehead atoms. The van der Waals surface area contributed by atoms with Gasteiger partial charge in [-0.25, -0.2) is 9.37 Å². The minimum Gasteiger partial charge on any atom is -0.382 e. The SMILES string of the molecule is NCc1ccc(C(N)=O)c(F)c1[C@H](Cc1ccccc1)c1nc(-c2ccc3c(N)n[nH]c3c2)c(Cl)[nH]1. The highest BCUT2D eigenvalue weighted by molar-refractivity contribution is 6.32. The first kappa shape index (κ1) is 23.5. The predicted molar refractivity (Wildman–Crippen MR) is 138 cm³/mol. The van der Waals surface area contributed by atoms with Crippen molar-refractivity contribution < 1.29 is 9.18 Å². The molecule has 2 aromatic heterocycles. The zero-order chi connectivity index (χ0) is 25.4. The molecule has 1 amide bonds. The molecule has 36 heavy (non-hydrogen) atoms. The van der Waals surface area contributed by atoms with Crippen molar-refractivity contribution >= 4 is 34.2 Å². The number of rotatable bonds is 7. The molecular weight excluding hydrogens is 481 g/mol. The van der Waals surface area contributed by atoms with Crippen molar-refractivity contribution in [2.45, 2.75) is 18.9 Å². The molecule has 0 spiro atoms. The number of benzene rings is 3.